The predicted molar refractivity (Wildman–Crippen MR) is 142 cm³/mol. The van der Waals surface area contributed by atoms with Gasteiger partial charge in [-0.05, 0) is 68.1 Å². The first kappa shape index (κ1) is 27.6. The molecule has 1 N–H and O–H groups in total. The molecule has 0 unspecified atom stereocenters. The van der Waals surface area contributed by atoms with Crippen LogP contribution in [-0.4, -0.2) is 73.5 Å². The number of carbonyl (C=O) groups is 3. The number of nitrogens with zero attached hydrogens (tertiary/aromatic N) is 2. The van der Waals surface area contributed by atoms with E-state index in [1.165, 1.54) is 24.3 Å². The normalized spacial score (nSPS) is 22.6. The molecule has 1 aliphatic heterocycles. The molecule has 1 saturated carbocycles. The van der Waals surface area contributed by atoms with Crippen LogP contribution >= 0.6 is 0 Å². The van der Waals surface area contributed by atoms with Crippen molar-refractivity contribution >= 4 is 23.4 Å². The van der Waals surface area contributed by atoms with Gasteiger partial charge >= 0.3 is 0 Å². The van der Waals surface area contributed by atoms with Crippen LogP contribution in [0.5, 0.6) is 5.75 Å². The molecule has 2 aromatic rings. The zero-order valence-electron chi connectivity index (χ0n) is 22.4. The molecule has 2 aliphatic rings. The van der Waals surface area contributed by atoms with E-state index in [-0.39, 0.29) is 42.0 Å². The van der Waals surface area contributed by atoms with Gasteiger partial charge in [0.2, 0.25) is 5.91 Å². The average molecular weight is 526 g/mol. The summed E-state index contributed by atoms with van der Waals surface area (Å²) >= 11 is 0. The van der Waals surface area contributed by atoms with E-state index in [4.69, 9.17) is 9.47 Å². The first-order valence-corrected chi connectivity index (χ1v) is 13.1. The molecule has 204 valence electrons. The van der Waals surface area contributed by atoms with E-state index in [1.54, 1.807) is 37.3 Å². The summed E-state index contributed by atoms with van der Waals surface area (Å²) in [5.74, 6) is -0.192. The number of likely N-dealkylation sites (N-methyl/N-ethyl adjacent to an activating group) is 1. The minimum atomic E-state index is -0.433. The summed E-state index contributed by atoms with van der Waals surface area (Å²) in [5.41, 5.74) is 0.984. The topological polar surface area (TPSA) is 88.2 Å². The van der Waals surface area contributed by atoms with Crippen molar-refractivity contribution in [3.05, 3.63) is 59.4 Å². The Morgan fingerprint density at radius 1 is 1.11 bits per heavy atom. The monoisotopic (exact) mass is 525 g/mol. The molecule has 2 aromatic carbocycles. The molecule has 3 amide bonds. The Balaban J connectivity index is 1.61. The number of anilines is 1. The van der Waals surface area contributed by atoms with E-state index < -0.39 is 11.7 Å². The Hall–Kier alpha value is -3.46. The maximum Gasteiger partial charge on any atom is 0.257 e. The van der Waals surface area contributed by atoms with Gasteiger partial charge in [-0.1, -0.05) is 6.92 Å². The summed E-state index contributed by atoms with van der Waals surface area (Å²) in [6.07, 6.45) is 2.46. The molecule has 0 radical (unpaired) electrons. The fourth-order valence-electron chi connectivity index (χ4n) is 4.69. The van der Waals surface area contributed by atoms with E-state index in [0.717, 1.165) is 12.8 Å². The molecule has 9 heteroatoms. The van der Waals surface area contributed by atoms with Gasteiger partial charge in [0, 0.05) is 50.8 Å². The zero-order chi connectivity index (χ0) is 27.4. The first-order chi connectivity index (χ1) is 18.2. The zero-order valence-corrected chi connectivity index (χ0v) is 22.4. The third kappa shape index (κ3) is 6.69. The maximum atomic E-state index is 13.5. The minimum absolute atomic E-state index is 0.0129. The van der Waals surface area contributed by atoms with Crippen LogP contribution in [-0.2, 0) is 9.53 Å². The Labute approximate surface area is 223 Å². The Morgan fingerprint density at radius 3 is 2.47 bits per heavy atom. The van der Waals surface area contributed by atoms with Crippen LogP contribution in [0.1, 0.15) is 53.8 Å². The van der Waals surface area contributed by atoms with Gasteiger partial charge < -0.3 is 24.6 Å². The van der Waals surface area contributed by atoms with Crippen molar-refractivity contribution in [2.24, 2.45) is 11.8 Å². The van der Waals surface area contributed by atoms with Crippen LogP contribution in [0.2, 0.25) is 0 Å². The van der Waals surface area contributed by atoms with Crippen LogP contribution in [0.15, 0.2) is 42.5 Å². The highest BCUT2D eigenvalue weighted by Crippen LogP contribution is 2.33. The summed E-state index contributed by atoms with van der Waals surface area (Å²) in [6.45, 7) is 5.03. The summed E-state index contributed by atoms with van der Waals surface area (Å²) < 4.78 is 25.1. The number of hydrogen-bond donors (Lipinski definition) is 1. The maximum absolute atomic E-state index is 13.5. The quantitative estimate of drug-likeness (QED) is 0.632. The molecule has 1 fully saturated rings. The summed E-state index contributed by atoms with van der Waals surface area (Å²) in [4.78, 5) is 42.8. The fourth-order valence-corrected chi connectivity index (χ4v) is 4.69. The number of benzene rings is 2. The summed E-state index contributed by atoms with van der Waals surface area (Å²) in [5, 5.41) is 2.77. The van der Waals surface area contributed by atoms with E-state index in [1.807, 2.05) is 18.7 Å². The highest BCUT2D eigenvalue weighted by molar-refractivity contribution is 6.05. The van der Waals surface area contributed by atoms with E-state index in [9.17, 15) is 18.8 Å². The van der Waals surface area contributed by atoms with Crippen LogP contribution in [0.4, 0.5) is 10.1 Å². The van der Waals surface area contributed by atoms with E-state index in [0.29, 0.717) is 42.4 Å². The lowest BCUT2D eigenvalue weighted by Crippen LogP contribution is -2.48. The molecule has 0 aromatic heterocycles. The van der Waals surface area contributed by atoms with E-state index >= 15 is 0 Å². The lowest BCUT2D eigenvalue weighted by atomic mass is 10.0. The van der Waals surface area contributed by atoms with Gasteiger partial charge in [0.1, 0.15) is 18.2 Å². The second kappa shape index (κ2) is 11.9. The highest BCUT2D eigenvalue weighted by Gasteiger charge is 2.33. The molecular weight excluding hydrogens is 489 g/mol. The van der Waals surface area contributed by atoms with Crippen molar-refractivity contribution in [3.8, 4) is 5.75 Å². The number of hydrogen-bond acceptors (Lipinski definition) is 5. The third-order valence-corrected chi connectivity index (χ3v) is 7.29. The predicted octanol–water partition coefficient (Wildman–Crippen LogP) is 4.21. The average Bonchev–Trinajstić information content (AvgIpc) is 3.72. The number of carbonyl (C=O) groups excluding carboxylic acids is 3. The van der Waals surface area contributed by atoms with Gasteiger partial charge in [0.05, 0.1) is 17.7 Å². The largest absolute Gasteiger partial charge is 0.491 e. The number of halogens is 1. The van der Waals surface area contributed by atoms with Crippen molar-refractivity contribution in [1.29, 1.82) is 0 Å². The molecule has 0 saturated heterocycles. The fraction of sp³-hybridized carbons (Fsp3) is 0.483. The minimum Gasteiger partial charge on any atom is -0.491 e. The SMILES string of the molecule is CO[C@H]1CN(C)C(=O)c2cc(NC(=O)c3ccc(F)cc3)ccc2OC[C@H](C)N(C(=O)CC2CC2)C[C@@H]1C. The van der Waals surface area contributed by atoms with Gasteiger partial charge in [-0.3, -0.25) is 14.4 Å². The second-order valence-electron chi connectivity index (χ2n) is 10.5. The lowest BCUT2D eigenvalue weighted by molar-refractivity contribution is -0.135. The first-order valence-electron chi connectivity index (χ1n) is 13.1. The van der Waals surface area contributed by atoms with Crippen LogP contribution in [0, 0.1) is 17.7 Å². The summed E-state index contributed by atoms with van der Waals surface area (Å²) in [7, 11) is 3.31. The van der Waals surface area contributed by atoms with Crippen molar-refractivity contribution in [1.82, 2.24) is 9.80 Å². The van der Waals surface area contributed by atoms with Crippen molar-refractivity contribution < 1.29 is 28.2 Å². The molecule has 0 bridgehead atoms. The smallest absolute Gasteiger partial charge is 0.257 e. The Bertz CT molecular complexity index is 1170. The lowest BCUT2D eigenvalue weighted by Gasteiger charge is -2.36. The van der Waals surface area contributed by atoms with Crippen molar-refractivity contribution in [2.75, 3.05) is 39.2 Å². The Morgan fingerprint density at radius 2 is 1.82 bits per heavy atom. The van der Waals surface area contributed by atoms with Gasteiger partial charge in [0.25, 0.3) is 11.8 Å². The molecule has 8 nitrogen and oxygen atoms in total. The molecule has 1 heterocycles. The van der Waals surface area contributed by atoms with Gasteiger partial charge in [-0.25, -0.2) is 4.39 Å². The van der Waals surface area contributed by atoms with Crippen molar-refractivity contribution in [2.45, 2.75) is 45.3 Å². The number of rotatable bonds is 5. The molecule has 1 aliphatic carbocycles. The number of fused-ring (bicyclic) bond motifs is 1. The van der Waals surface area contributed by atoms with E-state index in [2.05, 4.69) is 5.32 Å². The molecular formula is C29H36FN3O5. The second-order valence-corrected chi connectivity index (χ2v) is 10.5. The molecule has 38 heavy (non-hydrogen) atoms. The van der Waals surface area contributed by atoms with Gasteiger partial charge in [0.15, 0.2) is 0 Å². The number of methoxy groups -OCH3 is 1. The van der Waals surface area contributed by atoms with Crippen LogP contribution in [0.3, 0.4) is 0 Å². The molecule has 4 rings (SSSR count). The van der Waals surface area contributed by atoms with Gasteiger partial charge in [-0.15, -0.1) is 0 Å². The molecule has 3 atom stereocenters. The van der Waals surface area contributed by atoms with Crippen molar-refractivity contribution in [3.63, 3.8) is 0 Å². The van der Waals surface area contributed by atoms with Gasteiger partial charge in [-0.2, -0.15) is 0 Å². The molecule has 0 spiro atoms. The Kier molecular flexibility index (Phi) is 8.66. The number of nitrogens with one attached hydrogen (secondary N) is 1. The van der Waals surface area contributed by atoms with Crippen LogP contribution in [0.25, 0.3) is 0 Å². The standard InChI is InChI=1S/C29H36FN3O5/c1-18-15-33(27(34)13-20-5-6-20)19(2)17-38-25-12-11-23(31-28(35)21-7-9-22(30)10-8-21)14-24(25)29(36)32(3)16-26(18)37-4/h7-12,14,18-20,26H,5-6,13,15-17H2,1-4H3,(H,31,35)/t18-,19-,26-/m0/s1. The third-order valence-electron chi connectivity index (χ3n) is 7.29. The van der Waals surface area contributed by atoms with Crippen LogP contribution < -0.4 is 10.1 Å². The summed E-state index contributed by atoms with van der Waals surface area (Å²) in [6, 6.07) is 9.88. The number of ether oxygens (including phenoxy) is 2. The number of amides is 3. The highest BCUT2D eigenvalue weighted by atomic mass is 19.1.